The average Bonchev–Trinajstić information content (AvgIpc) is 2.52. The molecule has 0 spiro atoms. The Kier molecular flexibility index (Phi) is 6.49. The van der Waals surface area contributed by atoms with E-state index in [1.165, 1.54) is 0 Å². The highest BCUT2D eigenvalue weighted by Crippen LogP contribution is 2.64. The normalized spacial score (nSPS) is 13.0. The Labute approximate surface area is 144 Å². The molecule has 0 aromatic heterocycles. The van der Waals surface area contributed by atoms with E-state index in [-0.39, 0.29) is 0 Å². The maximum absolute atomic E-state index is 13.5. The summed E-state index contributed by atoms with van der Waals surface area (Å²) >= 11 is 4.54. The van der Waals surface area contributed by atoms with Gasteiger partial charge in [-0.15, -0.1) is 12.6 Å². The van der Waals surface area contributed by atoms with E-state index in [4.69, 9.17) is 9.05 Å². The molecule has 1 unspecified atom stereocenters. The smallest absolute Gasteiger partial charge is 0.308 e. The second-order valence-corrected chi connectivity index (χ2v) is 7.84. The molecular formula is C18H23O3PS. The van der Waals surface area contributed by atoms with Gasteiger partial charge in [-0.2, -0.15) is 0 Å². The molecule has 0 bridgehead atoms. The number of thiol groups is 1. The van der Waals surface area contributed by atoms with Crippen LogP contribution in [-0.2, 0) is 13.6 Å². The van der Waals surface area contributed by atoms with Gasteiger partial charge in [0.15, 0.2) is 0 Å². The predicted octanol–water partition coefficient (Wildman–Crippen LogP) is 5.64. The summed E-state index contributed by atoms with van der Waals surface area (Å²) in [5.74, 6) is 0. The van der Waals surface area contributed by atoms with Gasteiger partial charge in [0.25, 0.3) is 0 Å². The molecule has 5 heteroatoms. The van der Waals surface area contributed by atoms with E-state index in [0.717, 1.165) is 21.6 Å². The molecule has 2 aromatic rings. The number of benzene rings is 2. The van der Waals surface area contributed by atoms with Gasteiger partial charge in [0.1, 0.15) is 5.66 Å². The monoisotopic (exact) mass is 350 g/mol. The number of aryl methyl sites for hydroxylation is 1. The van der Waals surface area contributed by atoms with Crippen molar-refractivity contribution in [3.05, 3.63) is 65.2 Å². The molecule has 0 N–H and O–H groups in total. The Balaban J connectivity index is 2.61. The molecule has 0 radical (unpaired) electrons. The van der Waals surface area contributed by atoms with Crippen molar-refractivity contribution >= 4 is 20.2 Å². The van der Waals surface area contributed by atoms with Gasteiger partial charge >= 0.3 is 7.60 Å². The van der Waals surface area contributed by atoms with Gasteiger partial charge in [-0.3, -0.25) is 4.57 Å². The van der Waals surface area contributed by atoms with E-state index in [9.17, 15) is 4.57 Å². The molecule has 1 atom stereocenters. The zero-order valence-electron chi connectivity index (χ0n) is 13.7. The summed E-state index contributed by atoms with van der Waals surface area (Å²) in [7, 11) is -3.36. The third kappa shape index (κ3) is 4.27. The highest BCUT2D eigenvalue weighted by molar-refractivity contribution is 7.80. The van der Waals surface area contributed by atoms with E-state index in [0.29, 0.717) is 13.2 Å². The number of hydrogen-bond donors (Lipinski definition) is 1. The molecule has 23 heavy (non-hydrogen) atoms. The lowest BCUT2D eigenvalue weighted by Crippen LogP contribution is -2.09. The highest BCUT2D eigenvalue weighted by Gasteiger charge is 2.38. The van der Waals surface area contributed by atoms with Crippen LogP contribution >= 0.6 is 20.2 Å². The van der Waals surface area contributed by atoms with E-state index in [2.05, 4.69) is 12.6 Å². The van der Waals surface area contributed by atoms with Gasteiger partial charge in [0.05, 0.1) is 13.2 Å². The molecule has 2 rings (SSSR count). The second-order valence-electron chi connectivity index (χ2n) is 5.25. The predicted molar refractivity (Wildman–Crippen MR) is 97.6 cm³/mol. The van der Waals surface area contributed by atoms with Crippen LogP contribution in [0.25, 0.3) is 0 Å². The maximum Gasteiger partial charge on any atom is 0.342 e. The lowest BCUT2D eigenvalue weighted by Gasteiger charge is -2.28. The van der Waals surface area contributed by atoms with E-state index >= 15 is 0 Å². The topological polar surface area (TPSA) is 35.5 Å². The lowest BCUT2D eigenvalue weighted by atomic mass is 10.0. The van der Waals surface area contributed by atoms with Crippen molar-refractivity contribution < 1.29 is 13.6 Å². The van der Waals surface area contributed by atoms with Crippen molar-refractivity contribution in [1.29, 1.82) is 0 Å². The molecule has 124 valence electrons. The lowest BCUT2D eigenvalue weighted by molar-refractivity contribution is 0.215. The van der Waals surface area contributed by atoms with Crippen LogP contribution in [0.4, 0.5) is 0 Å². The van der Waals surface area contributed by atoms with Gasteiger partial charge in [-0.1, -0.05) is 48.0 Å². The van der Waals surface area contributed by atoms with Crippen LogP contribution in [0.15, 0.2) is 53.4 Å². The molecule has 0 aliphatic rings. The molecule has 0 heterocycles. The molecule has 0 saturated carbocycles. The summed E-state index contributed by atoms with van der Waals surface area (Å²) in [6.07, 6.45) is 0. The third-order valence-electron chi connectivity index (χ3n) is 3.56. The quantitative estimate of drug-likeness (QED) is 0.518. The zero-order valence-corrected chi connectivity index (χ0v) is 15.5. The molecule has 2 aromatic carbocycles. The van der Waals surface area contributed by atoms with E-state index in [1.54, 1.807) is 0 Å². The largest absolute Gasteiger partial charge is 0.342 e. The molecular weight excluding hydrogens is 327 g/mol. The minimum Gasteiger partial charge on any atom is -0.308 e. The van der Waals surface area contributed by atoms with Crippen molar-refractivity contribution in [2.75, 3.05) is 13.2 Å². The summed E-state index contributed by atoms with van der Waals surface area (Å²) in [4.78, 5) is 0.776. The fraction of sp³-hybridized carbons (Fsp3) is 0.333. The van der Waals surface area contributed by atoms with E-state index < -0.39 is 13.3 Å². The first-order valence-corrected chi connectivity index (χ1v) is 9.81. The molecule has 3 nitrogen and oxygen atoms in total. The van der Waals surface area contributed by atoms with Crippen molar-refractivity contribution in [2.24, 2.45) is 0 Å². The standard InChI is InChI=1S/C18H23O3PS/c1-4-20-22(19,21-5-2)18(15-12-10-14(3)11-13-15)16-8-6-7-9-17(16)23/h6-13,18,23H,4-5H2,1-3H3. The number of rotatable bonds is 7. The molecule has 0 fully saturated rings. The number of hydrogen-bond acceptors (Lipinski definition) is 4. The van der Waals surface area contributed by atoms with Crippen LogP contribution in [-0.4, -0.2) is 13.2 Å². The fourth-order valence-corrected chi connectivity index (χ4v) is 5.13. The first-order valence-electron chi connectivity index (χ1n) is 7.75. The highest BCUT2D eigenvalue weighted by atomic mass is 32.1. The molecule has 0 amide bonds. The van der Waals surface area contributed by atoms with E-state index in [1.807, 2.05) is 69.3 Å². The van der Waals surface area contributed by atoms with Crippen LogP contribution in [0.2, 0.25) is 0 Å². The minimum absolute atomic E-state index is 0.328. The molecule has 0 aliphatic carbocycles. The summed E-state index contributed by atoms with van der Waals surface area (Å²) in [5, 5.41) is 0. The Morgan fingerprint density at radius 3 is 2.09 bits per heavy atom. The zero-order chi connectivity index (χ0) is 16.9. The van der Waals surface area contributed by atoms with Gasteiger partial charge < -0.3 is 9.05 Å². The average molecular weight is 350 g/mol. The Morgan fingerprint density at radius 2 is 1.57 bits per heavy atom. The first-order chi connectivity index (χ1) is 11.0. The summed E-state index contributed by atoms with van der Waals surface area (Å²) in [5.41, 5.74) is 2.42. The van der Waals surface area contributed by atoms with Gasteiger partial charge in [0.2, 0.25) is 0 Å². The van der Waals surface area contributed by atoms with Crippen LogP contribution in [0.3, 0.4) is 0 Å². The molecule has 0 saturated heterocycles. The van der Waals surface area contributed by atoms with Crippen LogP contribution < -0.4 is 0 Å². The van der Waals surface area contributed by atoms with Crippen molar-refractivity contribution in [2.45, 2.75) is 31.3 Å². The Hall–Kier alpha value is -1.06. The second kappa shape index (κ2) is 8.16. The summed E-state index contributed by atoms with van der Waals surface area (Å²) in [6.45, 7) is 6.33. The fourth-order valence-electron chi connectivity index (χ4n) is 2.55. The Morgan fingerprint density at radius 1 is 1.00 bits per heavy atom. The molecule has 0 aliphatic heterocycles. The van der Waals surface area contributed by atoms with Gasteiger partial charge in [0, 0.05) is 4.90 Å². The van der Waals surface area contributed by atoms with Crippen molar-refractivity contribution in [3.8, 4) is 0 Å². The maximum atomic E-state index is 13.5. The SMILES string of the molecule is CCOP(=O)(OCC)C(c1ccc(C)cc1)c1ccccc1S. The Bertz CT molecular complexity index is 675. The van der Waals surface area contributed by atoms with Crippen LogP contribution in [0.5, 0.6) is 0 Å². The first kappa shape index (κ1) is 18.3. The van der Waals surface area contributed by atoms with Crippen molar-refractivity contribution in [1.82, 2.24) is 0 Å². The summed E-state index contributed by atoms with van der Waals surface area (Å²) < 4.78 is 24.7. The van der Waals surface area contributed by atoms with Gasteiger partial charge in [-0.25, -0.2) is 0 Å². The third-order valence-corrected chi connectivity index (χ3v) is 6.41. The summed E-state index contributed by atoms with van der Waals surface area (Å²) in [6, 6.07) is 15.6. The van der Waals surface area contributed by atoms with Crippen molar-refractivity contribution in [3.63, 3.8) is 0 Å². The van der Waals surface area contributed by atoms with Crippen LogP contribution in [0, 0.1) is 6.92 Å². The minimum atomic E-state index is -3.36. The van der Waals surface area contributed by atoms with Crippen LogP contribution in [0.1, 0.15) is 36.2 Å². The van der Waals surface area contributed by atoms with Gasteiger partial charge in [-0.05, 0) is 38.0 Å².